The van der Waals surface area contributed by atoms with E-state index in [1.807, 2.05) is 6.92 Å². The molecule has 6 heteroatoms. The fraction of sp³-hybridized carbons (Fsp3) is 0.769. The molecule has 0 saturated heterocycles. The van der Waals surface area contributed by atoms with Gasteiger partial charge in [-0.15, -0.1) is 0 Å². The Morgan fingerprint density at radius 2 is 1.84 bits per heavy atom. The van der Waals surface area contributed by atoms with Gasteiger partial charge in [-0.3, -0.25) is 14.9 Å². The van der Waals surface area contributed by atoms with E-state index < -0.39 is 17.9 Å². The van der Waals surface area contributed by atoms with Crippen LogP contribution in [0.3, 0.4) is 0 Å². The van der Waals surface area contributed by atoms with Crippen LogP contribution < -0.4 is 10.6 Å². The molecule has 6 nitrogen and oxygen atoms in total. The van der Waals surface area contributed by atoms with Crippen LogP contribution in [0, 0.1) is 5.92 Å². The van der Waals surface area contributed by atoms with E-state index in [0.29, 0.717) is 5.92 Å². The van der Waals surface area contributed by atoms with Gasteiger partial charge in [0, 0.05) is 18.9 Å². The molecule has 1 saturated carbocycles. The minimum Gasteiger partial charge on any atom is -0.481 e. The van der Waals surface area contributed by atoms with Gasteiger partial charge in [-0.1, -0.05) is 12.8 Å². The zero-order chi connectivity index (χ0) is 14.3. The molecule has 108 valence electrons. The molecule has 1 atom stereocenters. The maximum absolute atomic E-state index is 11.6. The van der Waals surface area contributed by atoms with E-state index in [1.54, 1.807) is 0 Å². The highest BCUT2D eigenvalue weighted by molar-refractivity contribution is 5.94. The summed E-state index contributed by atoms with van der Waals surface area (Å²) in [7, 11) is 0. The first-order valence-corrected chi connectivity index (χ1v) is 6.81. The summed E-state index contributed by atoms with van der Waals surface area (Å²) < 4.78 is 0. The van der Waals surface area contributed by atoms with Gasteiger partial charge in [0.25, 0.3) is 0 Å². The quantitative estimate of drug-likeness (QED) is 0.683. The van der Waals surface area contributed by atoms with E-state index in [4.69, 9.17) is 5.11 Å². The smallest absolute Gasteiger partial charge is 0.321 e. The van der Waals surface area contributed by atoms with Crippen molar-refractivity contribution in [1.82, 2.24) is 10.6 Å². The second-order valence-corrected chi connectivity index (χ2v) is 5.10. The molecular formula is C13H22N2O4. The van der Waals surface area contributed by atoms with Crippen molar-refractivity contribution >= 4 is 17.9 Å². The summed E-state index contributed by atoms with van der Waals surface area (Å²) in [6.45, 7) is 1.95. The van der Waals surface area contributed by atoms with Crippen molar-refractivity contribution in [3.05, 3.63) is 0 Å². The third-order valence-electron chi connectivity index (χ3n) is 3.51. The van der Waals surface area contributed by atoms with Gasteiger partial charge in [-0.2, -0.15) is 0 Å². The van der Waals surface area contributed by atoms with Crippen molar-refractivity contribution in [3.8, 4) is 0 Å². The molecule has 1 aliphatic rings. The third-order valence-corrected chi connectivity index (χ3v) is 3.51. The number of imide groups is 1. The zero-order valence-corrected chi connectivity index (χ0v) is 11.3. The van der Waals surface area contributed by atoms with Gasteiger partial charge in [0.05, 0.1) is 0 Å². The molecule has 0 aromatic rings. The Balaban J connectivity index is 2.18. The monoisotopic (exact) mass is 270 g/mol. The van der Waals surface area contributed by atoms with Crippen LogP contribution in [-0.4, -0.2) is 29.1 Å². The first-order chi connectivity index (χ1) is 8.99. The maximum atomic E-state index is 11.6. The number of carboxylic acids is 1. The van der Waals surface area contributed by atoms with Crippen molar-refractivity contribution in [3.63, 3.8) is 0 Å². The second-order valence-electron chi connectivity index (χ2n) is 5.10. The molecule has 0 bridgehead atoms. The maximum Gasteiger partial charge on any atom is 0.321 e. The van der Waals surface area contributed by atoms with Gasteiger partial charge in [-0.25, -0.2) is 4.79 Å². The van der Waals surface area contributed by atoms with Gasteiger partial charge in [0.15, 0.2) is 0 Å². The van der Waals surface area contributed by atoms with Crippen LogP contribution in [0.15, 0.2) is 0 Å². The molecule has 1 aliphatic carbocycles. The minimum absolute atomic E-state index is 0.0531. The lowest BCUT2D eigenvalue weighted by Crippen LogP contribution is -2.45. The van der Waals surface area contributed by atoms with Gasteiger partial charge in [0.1, 0.15) is 0 Å². The van der Waals surface area contributed by atoms with Crippen molar-refractivity contribution in [1.29, 1.82) is 0 Å². The standard InChI is InChI=1S/C13H22N2O4/c1-9(10-5-2-3-6-10)14-13(19)15-11(16)7-4-8-12(17)18/h9-10H,2-8H2,1H3,(H,17,18)(H2,14,15,16,19). The Morgan fingerprint density at radius 3 is 2.42 bits per heavy atom. The number of amides is 3. The molecule has 3 amide bonds. The first-order valence-electron chi connectivity index (χ1n) is 6.81. The Kier molecular flexibility index (Phi) is 6.32. The lowest BCUT2D eigenvalue weighted by atomic mass is 10.0. The number of rotatable bonds is 6. The van der Waals surface area contributed by atoms with Crippen molar-refractivity contribution in [2.75, 3.05) is 0 Å². The molecule has 1 unspecified atom stereocenters. The predicted molar refractivity (Wildman–Crippen MR) is 69.6 cm³/mol. The molecule has 0 spiro atoms. The number of carbonyl (C=O) groups excluding carboxylic acids is 2. The largest absolute Gasteiger partial charge is 0.481 e. The van der Waals surface area contributed by atoms with Crippen molar-refractivity contribution in [2.24, 2.45) is 5.92 Å². The summed E-state index contributed by atoms with van der Waals surface area (Å²) in [6, 6.07) is -0.422. The number of aliphatic carboxylic acids is 1. The van der Waals surface area contributed by atoms with Gasteiger partial charge >= 0.3 is 12.0 Å². The summed E-state index contributed by atoms with van der Waals surface area (Å²) in [4.78, 5) is 33.2. The summed E-state index contributed by atoms with van der Waals surface area (Å²) in [5, 5.41) is 13.4. The van der Waals surface area contributed by atoms with E-state index >= 15 is 0 Å². The zero-order valence-electron chi connectivity index (χ0n) is 11.3. The molecule has 1 fully saturated rings. The number of carbonyl (C=O) groups is 3. The van der Waals surface area contributed by atoms with Crippen LogP contribution in [0.5, 0.6) is 0 Å². The van der Waals surface area contributed by atoms with Crippen molar-refractivity contribution in [2.45, 2.75) is 57.9 Å². The number of hydrogen-bond acceptors (Lipinski definition) is 3. The lowest BCUT2D eigenvalue weighted by Gasteiger charge is -2.20. The average Bonchev–Trinajstić information content (AvgIpc) is 2.81. The Bertz CT molecular complexity index is 338. The molecule has 0 aromatic carbocycles. The summed E-state index contributed by atoms with van der Waals surface area (Å²) in [5.74, 6) is -0.877. The van der Waals surface area contributed by atoms with Crippen LogP contribution in [0.2, 0.25) is 0 Å². The van der Waals surface area contributed by atoms with Gasteiger partial charge in [-0.05, 0) is 32.1 Å². The van der Waals surface area contributed by atoms with Gasteiger partial charge < -0.3 is 10.4 Å². The molecule has 0 aliphatic heterocycles. The third kappa shape index (κ3) is 6.22. The normalized spacial score (nSPS) is 16.9. The van der Waals surface area contributed by atoms with Crippen molar-refractivity contribution < 1.29 is 19.5 Å². The highest BCUT2D eigenvalue weighted by Crippen LogP contribution is 2.27. The highest BCUT2D eigenvalue weighted by atomic mass is 16.4. The molecule has 19 heavy (non-hydrogen) atoms. The van der Waals surface area contributed by atoms with Gasteiger partial charge in [0.2, 0.25) is 5.91 Å². The Morgan fingerprint density at radius 1 is 1.21 bits per heavy atom. The average molecular weight is 270 g/mol. The van der Waals surface area contributed by atoms with Crippen LogP contribution in [-0.2, 0) is 9.59 Å². The number of carboxylic acid groups (broad SMARTS) is 1. The molecule has 3 N–H and O–H groups in total. The topological polar surface area (TPSA) is 95.5 Å². The number of hydrogen-bond donors (Lipinski definition) is 3. The fourth-order valence-corrected chi connectivity index (χ4v) is 2.41. The van der Waals surface area contributed by atoms with E-state index in [0.717, 1.165) is 12.8 Å². The number of urea groups is 1. The second kappa shape index (κ2) is 7.76. The Labute approximate surface area is 112 Å². The SMILES string of the molecule is CC(NC(=O)NC(=O)CCCC(=O)O)C1CCCC1. The van der Waals surface area contributed by atoms with Crippen LogP contribution in [0.1, 0.15) is 51.9 Å². The predicted octanol–water partition coefficient (Wildman–Crippen LogP) is 1.65. The minimum atomic E-state index is -0.938. The van der Waals surface area contributed by atoms with E-state index in [2.05, 4.69) is 10.6 Å². The Hall–Kier alpha value is -1.59. The summed E-state index contributed by atoms with van der Waals surface area (Å²) >= 11 is 0. The highest BCUT2D eigenvalue weighted by Gasteiger charge is 2.23. The van der Waals surface area contributed by atoms with Crippen LogP contribution in [0.25, 0.3) is 0 Å². The molecule has 0 heterocycles. The fourth-order valence-electron chi connectivity index (χ4n) is 2.41. The molecule has 1 rings (SSSR count). The van der Waals surface area contributed by atoms with E-state index in [1.165, 1.54) is 12.8 Å². The molecule has 0 aromatic heterocycles. The van der Waals surface area contributed by atoms with E-state index in [-0.39, 0.29) is 25.3 Å². The number of nitrogens with one attached hydrogen (secondary N) is 2. The summed E-state index contributed by atoms with van der Waals surface area (Å²) in [5.41, 5.74) is 0. The summed E-state index contributed by atoms with van der Waals surface area (Å²) in [6.07, 6.45) is 4.87. The molecule has 0 radical (unpaired) electrons. The first kappa shape index (κ1) is 15.5. The lowest BCUT2D eigenvalue weighted by molar-refractivity contribution is -0.137. The van der Waals surface area contributed by atoms with Crippen LogP contribution in [0.4, 0.5) is 4.79 Å². The van der Waals surface area contributed by atoms with E-state index in [9.17, 15) is 14.4 Å². The molecular weight excluding hydrogens is 248 g/mol. The van der Waals surface area contributed by atoms with Crippen LogP contribution >= 0.6 is 0 Å².